The highest BCUT2D eigenvalue weighted by molar-refractivity contribution is 8.77. The van der Waals surface area contributed by atoms with Crippen molar-refractivity contribution in [1.29, 1.82) is 0 Å². The number of carbonyl (C=O) groups excluding carboxylic acids is 2. The maximum Gasteiger partial charge on any atom is 0.319 e. The molecule has 0 radical (unpaired) electrons. The van der Waals surface area contributed by atoms with Gasteiger partial charge in [0.1, 0.15) is 23.7 Å². The van der Waals surface area contributed by atoms with E-state index in [1.807, 2.05) is 0 Å². The molecule has 2 unspecified atom stereocenters. The third-order valence-corrected chi connectivity index (χ3v) is 5.18. The second kappa shape index (κ2) is 11.2. The minimum Gasteiger partial charge on any atom is -0.464 e. The fraction of sp³-hybridized carbons (Fsp3) is 0.800. The van der Waals surface area contributed by atoms with Crippen molar-refractivity contribution < 1.29 is 19.1 Å². The number of ether oxygens (including phenoxy) is 2. The molecule has 0 aliphatic heterocycles. The smallest absolute Gasteiger partial charge is 0.319 e. The standard InChI is InChI=1S/C10H18O4S4/c1-7(9(11)13-3-5-15)17-18-8(2)10(12)14-4-6-16/h7-8,15-16H,3-6H2,1-2H3. The van der Waals surface area contributed by atoms with Gasteiger partial charge in [0.25, 0.3) is 0 Å². The lowest BCUT2D eigenvalue weighted by Gasteiger charge is -2.13. The molecule has 0 rings (SSSR count). The van der Waals surface area contributed by atoms with Gasteiger partial charge in [0.05, 0.1) is 0 Å². The van der Waals surface area contributed by atoms with Gasteiger partial charge in [0.15, 0.2) is 0 Å². The number of carbonyl (C=O) groups is 2. The monoisotopic (exact) mass is 330 g/mol. The van der Waals surface area contributed by atoms with Gasteiger partial charge in [-0.15, -0.1) is 0 Å². The predicted octanol–water partition coefficient (Wildman–Crippen LogP) is 2.09. The molecule has 0 aromatic rings. The summed E-state index contributed by atoms with van der Waals surface area (Å²) >= 11 is 7.90. The zero-order valence-electron chi connectivity index (χ0n) is 10.3. The summed E-state index contributed by atoms with van der Waals surface area (Å²) in [4.78, 5) is 22.9. The molecule has 8 heteroatoms. The molecular formula is C10H18O4S4. The SMILES string of the molecule is CC(SSC(C)C(=O)OCCS)C(=O)OCCS. The minimum atomic E-state index is -0.324. The van der Waals surface area contributed by atoms with Gasteiger partial charge in [-0.2, -0.15) is 25.3 Å². The van der Waals surface area contributed by atoms with E-state index in [9.17, 15) is 9.59 Å². The number of esters is 2. The first-order valence-electron chi connectivity index (χ1n) is 5.40. The van der Waals surface area contributed by atoms with E-state index in [2.05, 4.69) is 25.3 Å². The van der Waals surface area contributed by atoms with Crippen LogP contribution in [-0.2, 0) is 19.1 Å². The molecule has 0 saturated heterocycles. The molecule has 0 aromatic carbocycles. The number of hydrogen-bond donors (Lipinski definition) is 2. The second-order valence-electron chi connectivity index (χ2n) is 3.26. The van der Waals surface area contributed by atoms with Crippen molar-refractivity contribution in [2.24, 2.45) is 0 Å². The van der Waals surface area contributed by atoms with Crippen molar-refractivity contribution in [1.82, 2.24) is 0 Å². The quantitative estimate of drug-likeness (QED) is 0.384. The Balaban J connectivity index is 3.85. The lowest BCUT2D eigenvalue weighted by atomic mass is 10.5. The Morgan fingerprint density at radius 2 is 1.28 bits per heavy atom. The molecule has 106 valence electrons. The van der Waals surface area contributed by atoms with Crippen molar-refractivity contribution in [2.45, 2.75) is 24.3 Å². The molecule has 0 heterocycles. The molecule has 0 aliphatic rings. The molecule has 0 aliphatic carbocycles. The van der Waals surface area contributed by atoms with Crippen molar-refractivity contribution >= 4 is 58.8 Å². The molecule has 0 N–H and O–H groups in total. The summed E-state index contributed by atoms with van der Waals surface area (Å²) in [6.45, 7) is 4.09. The third-order valence-electron chi connectivity index (χ3n) is 1.68. The van der Waals surface area contributed by atoms with E-state index in [4.69, 9.17) is 9.47 Å². The summed E-state index contributed by atoms with van der Waals surface area (Å²) in [5.41, 5.74) is 0. The maximum absolute atomic E-state index is 11.4. The zero-order chi connectivity index (χ0) is 14.0. The molecule has 0 saturated carbocycles. The molecule has 4 nitrogen and oxygen atoms in total. The van der Waals surface area contributed by atoms with Gasteiger partial charge >= 0.3 is 11.9 Å². The average molecular weight is 331 g/mol. The summed E-state index contributed by atoms with van der Waals surface area (Å²) in [5.74, 6) is 0.417. The van der Waals surface area contributed by atoms with Gasteiger partial charge in [-0.25, -0.2) is 0 Å². The van der Waals surface area contributed by atoms with Crippen molar-refractivity contribution in [2.75, 3.05) is 24.7 Å². The average Bonchev–Trinajstić information content (AvgIpc) is 2.38. The van der Waals surface area contributed by atoms with Crippen LogP contribution < -0.4 is 0 Å². The Morgan fingerprint density at radius 3 is 1.56 bits per heavy atom. The van der Waals surface area contributed by atoms with E-state index >= 15 is 0 Å². The second-order valence-corrected chi connectivity index (χ2v) is 7.11. The van der Waals surface area contributed by atoms with E-state index < -0.39 is 0 Å². The van der Waals surface area contributed by atoms with Gasteiger partial charge in [-0.3, -0.25) is 9.59 Å². The molecule has 0 amide bonds. The summed E-state index contributed by atoms with van der Waals surface area (Å²) in [6, 6.07) is 0. The molecule has 0 bridgehead atoms. The lowest BCUT2D eigenvalue weighted by Crippen LogP contribution is -2.20. The van der Waals surface area contributed by atoms with Crippen LogP contribution in [0, 0.1) is 0 Å². The van der Waals surface area contributed by atoms with E-state index in [-0.39, 0.29) is 22.4 Å². The highest BCUT2D eigenvalue weighted by Gasteiger charge is 2.20. The fourth-order valence-electron chi connectivity index (χ4n) is 0.772. The number of hydrogen-bond acceptors (Lipinski definition) is 8. The Morgan fingerprint density at radius 1 is 0.944 bits per heavy atom. The summed E-state index contributed by atoms with van der Waals surface area (Å²) < 4.78 is 9.87. The Bertz CT molecular complexity index is 236. The Labute approximate surface area is 127 Å². The van der Waals surface area contributed by atoms with Crippen LogP contribution in [0.15, 0.2) is 0 Å². The van der Waals surface area contributed by atoms with Crippen LogP contribution >= 0.6 is 46.8 Å². The van der Waals surface area contributed by atoms with Crippen LogP contribution in [0.25, 0.3) is 0 Å². The fourth-order valence-corrected chi connectivity index (χ4v) is 3.05. The lowest BCUT2D eigenvalue weighted by molar-refractivity contribution is -0.142. The molecular weight excluding hydrogens is 312 g/mol. The summed E-state index contributed by atoms with van der Waals surface area (Å²) in [6.07, 6.45) is 0. The highest BCUT2D eigenvalue weighted by Crippen LogP contribution is 2.32. The van der Waals surface area contributed by atoms with Crippen LogP contribution in [0.1, 0.15) is 13.8 Å². The topological polar surface area (TPSA) is 52.6 Å². The first-order chi connectivity index (χ1) is 8.52. The van der Waals surface area contributed by atoms with E-state index in [0.717, 1.165) is 0 Å². The maximum atomic E-state index is 11.4. The summed E-state index contributed by atoms with van der Waals surface area (Å²) in [5, 5.41) is -0.648. The van der Waals surface area contributed by atoms with Gasteiger partial charge in [-0.1, -0.05) is 21.6 Å². The zero-order valence-corrected chi connectivity index (χ0v) is 13.7. The molecule has 18 heavy (non-hydrogen) atoms. The van der Waals surface area contributed by atoms with Crippen molar-refractivity contribution in [3.63, 3.8) is 0 Å². The summed E-state index contributed by atoms with van der Waals surface area (Å²) in [7, 11) is 2.60. The third kappa shape index (κ3) is 8.44. The first kappa shape index (κ1) is 18.3. The molecule has 2 atom stereocenters. The predicted molar refractivity (Wildman–Crippen MR) is 83.7 cm³/mol. The largest absolute Gasteiger partial charge is 0.464 e. The van der Waals surface area contributed by atoms with E-state index in [1.54, 1.807) is 13.8 Å². The van der Waals surface area contributed by atoms with Gasteiger partial charge in [0.2, 0.25) is 0 Å². The van der Waals surface area contributed by atoms with Crippen LogP contribution in [0.4, 0.5) is 0 Å². The normalized spacial score (nSPS) is 13.8. The number of rotatable bonds is 9. The molecule has 0 aromatic heterocycles. The molecule has 0 spiro atoms. The Kier molecular flexibility index (Phi) is 11.4. The van der Waals surface area contributed by atoms with Crippen LogP contribution in [0.5, 0.6) is 0 Å². The number of thiol groups is 2. The first-order valence-corrected chi connectivity index (χ1v) is 8.94. The Hall–Kier alpha value is 0.340. The highest BCUT2D eigenvalue weighted by atomic mass is 33.1. The van der Waals surface area contributed by atoms with Gasteiger partial charge < -0.3 is 9.47 Å². The van der Waals surface area contributed by atoms with Crippen LogP contribution in [0.2, 0.25) is 0 Å². The van der Waals surface area contributed by atoms with E-state index in [1.165, 1.54) is 21.6 Å². The van der Waals surface area contributed by atoms with Crippen molar-refractivity contribution in [3.05, 3.63) is 0 Å². The van der Waals surface area contributed by atoms with Crippen LogP contribution in [0.3, 0.4) is 0 Å². The van der Waals surface area contributed by atoms with E-state index in [0.29, 0.717) is 24.7 Å². The van der Waals surface area contributed by atoms with Crippen LogP contribution in [-0.4, -0.2) is 47.2 Å². The van der Waals surface area contributed by atoms with Gasteiger partial charge in [0, 0.05) is 11.5 Å². The molecule has 0 fully saturated rings. The minimum absolute atomic E-state index is 0.294. The van der Waals surface area contributed by atoms with Crippen molar-refractivity contribution in [3.8, 4) is 0 Å². The van der Waals surface area contributed by atoms with Gasteiger partial charge in [-0.05, 0) is 13.8 Å².